The Hall–Kier alpha value is -1.47. The maximum absolute atomic E-state index is 13.1. The van der Waals surface area contributed by atoms with Gasteiger partial charge in [0, 0.05) is 30.0 Å². The highest BCUT2D eigenvalue weighted by molar-refractivity contribution is 7.15. The zero-order chi connectivity index (χ0) is 14.3. The summed E-state index contributed by atoms with van der Waals surface area (Å²) in [7, 11) is 0. The summed E-state index contributed by atoms with van der Waals surface area (Å²) in [5, 5.41) is 3.45. The van der Waals surface area contributed by atoms with Gasteiger partial charge >= 0.3 is 6.18 Å². The van der Waals surface area contributed by atoms with Crippen LogP contribution in [-0.4, -0.2) is 11.5 Å². The molecule has 2 nitrogen and oxygen atoms in total. The Labute approximate surface area is 116 Å². The van der Waals surface area contributed by atoms with Crippen LogP contribution in [0, 0.1) is 5.82 Å². The highest BCUT2D eigenvalue weighted by Crippen LogP contribution is 2.39. The predicted molar refractivity (Wildman–Crippen MR) is 67.9 cm³/mol. The van der Waals surface area contributed by atoms with E-state index in [4.69, 9.17) is 0 Å². The Kier molecular flexibility index (Phi) is 3.25. The summed E-state index contributed by atoms with van der Waals surface area (Å²) in [5.41, 5.74) is -0.198. The average molecular weight is 302 g/mol. The van der Waals surface area contributed by atoms with Crippen LogP contribution in [0.5, 0.6) is 0 Å². The lowest BCUT2D eigenvalue weighted by molar-refractivity contribution is -0.137. The van der Waals surface area contributed by atoms with E-state index < -0.39 is 17.6 Å². The molecule has 0 atom stereocenters. The lowest BCUT2D eigenvalue weighted by Gasteiger charge is -2.11. The van der Waals surface area contributed by atoms with Crippen molar-refractivity contribution in [3.8, 4) is 10.6 Å². The van der Waals surface area contributed by atoms with Crippen molar-refractivity contribution in [1.29, 1.82) is 0 Å². The van der Waals surface area contributed by atoms with Gasteiger partial charge in [0.15, 0.2) is 0 Å². The van der Waals surface area contributed by atoms with Crippen LogP contribution in [0.4, 0.5) is 17.6 Å². The smallest absolute Gasteiger partial charge is 0.311 e. The van der Waals surface area contributed by atoms with E-state index in [-0.39, 0.29) is 5.56 Å². The van der Waals surface area contributed by atoms with Gasteiger partial charge in [-0.05, 0) is 18.2 Å². The SMILES string of the molecule is Fc1ccc(-c2nc3c(s2)CNCC3)c(C(F)(F)F)c1. The van der Waals surface area contributed by atoms with Crippen molar-refractivity contribution in [2.75, 3.05) is 6.54 Å². The molecule has 2 heterocycles. The Balaban J connectivity index is 2.12. The highest BCUT2D eigenvalue weighted by Gasteiger charge is 2.35. The molecule has 0 aliphatic carbocycles. The molecule has 0 amide bonds. The molecule has 0 unspecified atom stereocenters. The van der Waals surface area contributed by atoms with E-state index in [0.29, 0.717) is 24.0 Å². The van der Waals surface area contributed by atoms with Crippen LogP contribution in [-0.2, 0) is 19.1 Å². The molecule has 2 aromatic rings. The number of fused-ring (bicyclic) bond motifs is 1. The number of rotatable bonds is 1. The number of thiazole rings is 1. The van der Waals surface area contributed by atoms with Crippen LogP contribution in [0.3, 0.4) is 0 Å². The van der Waals surface area contributed by atoms with E-state index >= 15 is 0 Å². The number of alkyl halides is 3. The number of aromatic nitrogens is 1. The van der Waals surface area contributed by atoms with Gasteiger partial charge in [-0.3, -0.25) is 0 Å². The summed E-state index contributed by atoms with van der Waals surface area (Å²) >= 11 is 1.23. The van der Waals surface area contributed by atoms with Gasteiger partial charge < -0.3 is 5.32 Å². The fraction of sp³-hybridized carbons (Fsp3) is 0.308. The Morgan fingerprint density at radius 2 is 2.05 bits per heavy atom. The van der Waals surface area contributed by atoms with Crippen molar-refractivity contribution < 1.29 is 17.6 Å². The second kappa shape index (κ2) is 4.82. The third-order valence-electron chi connectivity index (χ3n) is 3.12. The maximum Gasteiger partial charge on any atom is 0.417 e. The summed E-state index contributed by atoms with van der Waals surface area (Å²) in [6.45, 7) is 1.39. The molecule has 0 spiro atoms. The molecule has 0 fully saturated rings. The Morgan fingerprint density at radius 1 is 1.25 bits per heavy atom. The number of hydrogen-bond donors (Lipinski definition) is 1. The number of hydrogen-bond acceptors (Lipinski definition) is 3. The molecule has 106 valence electrons. The fourth-order valence-corrected chi connectivity index (χ4v) is 3.30. The minimum absolute atomic E-state index is 0.0571. The van der Waals surface area contributed by atoms with Gasteiger partial charge in [-0.1, -0.05) is 0 Å². The molecule has 0 saturated heterocycles. The molecule has 1 aliphatic rings. The van der Waals surface area contributed by atoms with Crippen molar-refractivity contribution in [1.82, 2.24) is 10.3 Å². The third-order valence-corrected chi connectivity index (χ3v) is 4.25. The first-order chi connectivity index (χ1) is 9.45. The van der Waals surface area contributed by atoms with Crippen LogP contribution < -0.4 is 5.32 Å². The van der Waals surface area contributed by atoms with Gasteiger partial charge in [-0.2, -0.15) is 13.2 Å². The molecule has 0 saturated carbocycles. The second-order valence-corrected chi connectivity index (χ2v) is 5.59. The Bertz CT molecular complexity index is 625. The quantitative estimate of drug-likeness (QED) is 0.814. The lowest BCUT2D eigenvalue weighted by Crippen LogP contribution is -2.22. The van der Waals surface area contributed by atoms with Gasteiger partial charge in [0.05, 0.1) is 11.3 Å². The largest absolute Gasteiger partial charge is 0.417 e. The number of nitrogens with zero attached hydrogens (tertiary/aromatic N) is 1. The van der Waals surface area contributed by atoms with Crippen LogP contribution >= 0.6 is 11.3 Å². The molecule has 1 N–H and O–H groups in total. The number of halogens is 4. The molecular weight excluding hydrogens is 292 g/mol. The van der Waals surface area contributed by atoms with Crippen molar-refractivity contribution in [2.45, 2.75) is 19.1 Å². The standard InChI is InChI=1S/C13H10F4N2S/c14-7-1-2-8(9(5-7)13(15,16)17)12-19-10-3-4-18-6-11(10)20-12/h1-2,5,18H,3-4,6H2. The first-order valence-electron chi connectivity index (χ1n) is 6.01. The molecule has 0 radical (unpaired) electrons. The van der Waals surface area contributed by atoms with E-state index in [1.165, 1.54) is 11.3 Å². The summed E-state index contributed by atoms with van der Waals surface area (Å²) in [4.78, 5) is 5.23. The minimum atomic E-state index is -4.60. The van der Waals surface area contributed by atoms with Gasteiger partial charge in [0.2, 0.25) is 0 Å². The van der Waals surface area contributed by atoms with Crippen molar-refractivity contribution in [3.05, 3.63) is 40.2 Å². The average Bonchev–Trinajstić information content (AvgIpc) is 2.81. The summed E-state index contributed by atoms with van der Waals surface area (Å²) in [6, 6.07) is 2.70. The number of benzene rings is 1. The van der Waals surface area contributed by atoms with E-state index in [1.807, 2.05) is 0 Å². The van der Waals surface area contributed by atoms with Gasteiger partial charge in [-0.25, -0.2) is 9.37 Å². The normalized spacial score (nSPS) is 15.2. The van der Waals surface area contributed by atoms with Gasteiger partial charge in [0.25, 0.3) is 0 Å². The minimum Gasteiger partial charge on any atom is -0.311 e. The van der Waals surface area contributed by atoms with Crippen molar-refractivity contribution in [2.24, 2.45) is 0 Å². The maximum atomic E-state index is 13.1. The topological polar surface area (TPSA) is 24.9 Å². The van der Waals surface area contributed by atoms with Crippen molar-refractivity contribution >= 4 is 11.3 Å². The molecule has 7 heteroatoms. The molecule has 1 aromatic heterocycles. The molecule has 3 rings (SSSR count). The lowest BCUT2D eigenvalue weighted by atomic mass is 10.1. The molecule has 1 aromatic carbocycles. The first kappa shape index (κ1) is 13.5. The molecular formula is C13H10F4N2S. The Morgan fingerprint density at radius 3 is 2.75 bits per heavy atom. The fourth-order valence-electron chi connectivity index (χ4n) is 2.18. The van der Waals surface area contributed by atoms with Gasteiger partial charge in [0.1, 0.15) is 10.8 Å². The van der Waals surface area contributed by atoms with E-state index in [1.54, 1.807) is 0 Å². The third kappa shape index (κ3) is 2.43. The second-order valence-electron chi connectivity index (χ2n) is 4.50. The predicted octanol–water partition coefficient (Wildman–Crippen LogP) is 3.61. The summed E-state index contributed by atoms with van der Waals surface area (Å²) in [6.07, 6.45) is -3.89. The van der Waals surface area contributed by atoms with Crippen LogP contribution in [0.1, 0.15) is 16.1 Å². The summed E-state index contributed by atoms with van der Waals surface area (Å²) < 4.78 is 52.1. The van der Waals surface area contributed by atoms with E-state index in [0.717, 1.165) is 29.2 Å². The van der Waals surface area contributed by atoms with Crippen LogP contribution in [0.15, 0.2) is 18.2 Å². The molecule has 0 bridgehead atoms. The van der Waals surface area contributed by atoms with E-state index in [9.17, 15) is 17.6 Å². The first-order valence-corrected chi connectivity index (χ1v) is 6.83. The monoisotopic (exact) mass is 302 g/mol. The van der Waals surface area contributed by atoms with Gasteiger partial charge in [-0.15, -0.1) is 11.3 Å². The number of nitrogens with one attached hydrogen (secondary N) is 1. The summed E-state index contributed by atoms with van der Waals surface area (Å²) in [5.74, 6) is -0.899. The van der Waals surface area contributed by atoms with Crippen LogP contribution in [0.2, 0.25) is 0 Å². The zero-order valence-corrected chi connectivity index (χ0v) is 11.0. The van der Waals surface area contributed by atoms with Crippen molar-refractivity contribution in [3.63, 3.8) is 0 Å². The van der Waals surface area contributed by atoms with E-state index in [2.05, 4.69) is 10.3 Å². The van der Waals surface area contributed by atoms with Crippen LogP contribution in [0.25, 0.3) is 10.6 Å². The molecule has 1 aliphatic heterocycles. The zero-order valence-electron chi connectivity index (χ0n) is 10.2. The highest BCUT2D eigenvalue weighted by atomic mass is 32.1. The molecule has 20 heavy (non-hydrogen) atoms.